The van der Waals surface area contributed by atoms with Crippen molar-refractivity contribution in [2.24, 2.45) is 0 Å². The Kier molecular flexibility index (Phi) is 5.81. The molecule has 0 N–H and O–H groups in total. The normalized spacial score (nSPS) is 14.0. The number of nitrogens with zero attached hydrogens (tertiary/aromatic N) is 2. The minimum absolute atomic E-state index is 0.256. The number of imide groups is 1. The predicted octanol–water partition coefficient (Wildman–Crippen LogP) is 5.12. The van der Waals surface area contributed by atoms with Gasteiger partial charge in [-0.05, 0) is 48.1 Å². The van der Waals surface area contributed by atoms with Gasteiger partial charge in [0.15, 0.2) is 0 Å². The molecule has 152 valence electrons. The van der Waals surface area contributed by atoms with Gasteiger partial charge in [-0.25, -0.2) is 4.90 Å². The highest BCUT2D eigenvalue weighted by Crippen LogP contribution is 2.37. The van der Waals surface area contributed by atoms with Gasteiger partial charge in [0.2, 0.25) is 0 Å². The molecule has 0 unspecified atom stereocenters. The number of likely N-dealkylation sites (N-methyl/N-ethyl adjacent to an activating group) is 1. The van der Waals surface area contributed by atoms with Crippen LogP contribution >= 0.6 is 11.3 Å². The van der Waals surface area contributed by atoms with Crippen LogP contribution in [0.2, 0.25) is 0 Å². The third-order valence-corrected chi connectivity index (χ3v) is 6.23. The van der Waals surface area contributed by atoms with Crippen LogP contribution in [0.25, 0.3) is 5.57 Å². The van der Waals surface area contributed by atoms with E-state index in [0.717, 1.165) is 16.9 Å². The number of carbonyl (C=O) groups is 2. The lowest BCUT2D eigenvalue weighted by Crippen LogP contribution is -2.35. The highest BCUT2D eigenvalue weighted by molar-refractivity contribution is 7.11. The molecular weight excluding hydrogens is 392 g/mol. The SMILES string of the molecule is CCc1ccc(N2C(=O)C(c3cccs3)=C(N(CC)Cc3ccccc3)C2=O)cc1. The van der Waals surface area contributed by atoms with Gasteiger partial charge >= 0.3 is 0 Å². The number of aryl methyl sites for hydroxylation is 1. The molecule has 0 bridgehead atoms. The second kappa shape index (κ2) is 8.67. The Morgan fingerprint density at radius 1 is 0.833 bits per heavy atom. The number of carbonyl (C=O) groups excluding carboxylic acids is 2. The lowest BCUT2D eigenvalue weighted by Gasteiger charge is -2.25. The minimum atomic E-state index is -0.259. The van der Waals surface area contributed by atoms with E-state index >= 15 is 0 Å². The summed E-state index contributed by atoms with van der Waals surface area (Å²) in [6.07, 6.45) is 0.910. The van der Waals surface area contributed by atoms with Crippen molar-refractivity contribution in [1.82, 2.24) is 4.90 Å². The Hall–Kier alpha value is -3.18. The maximum absolute atomic E-state index is 13.6. The van der Waals surface area contributed by atoms with Crippen molar-refractivity contribution in [3.63, 3.8) is 0 Å². The van der Waals surface area contributed by atoms with Crippen LogP contribution in [0.3, 0.4) is 0 Å². The summed E-state index contributed by atoms with van der Waals surface area (Å²) in [6.45, 7) is 5.29. The number of hydrogen-bond acceptors (Lipinski definition) is 4. The fourth-order valence-electron chi connectivity index (χ4n) is 3.72. The molecule has 0 aliphatic carbocycles. The van der Waals surface area contributed by atoms with Crippen LogP contribution in [0, 0.1) is 0 Å². The van der Waals surface area contributed by atoms with Gasteiger partial charge < -0.3 is 4.90 Å². The average molecular weight is 417 g/mol. The number of benzene rings is 2. The summed E-state index contributed by atoms with van der Waals surface area (Å²) in [6, 6.07) is 21.5. The standard InChI is InChI=1S/C25H24N2O2S/c1-3-18-12-14-20(15-13-18)27-24(28)22(21-11-8-16-30-21)23(25(27)29)26(4-2)17-19-9-6-5-7-10-19/h5-16H,3-4,17H2,1-2H3. The first-order valence-electron chi connectivity index (χ1n) is 10.2. The van der Waals surface area contributed by atoms with E-state index < -0.39 is 0 Å². The molecule has 1 aliphatic rings. The van der Waals surface area contributed by atoms with Gasteiger partial charge in [0, 0.05) is 18.0 Å². The van der Waals surface area contributed by atoms with Crippen molar-refractivity contribution in [2.45, 2.75) is 26.8 Å². The first kappa shape index (κ1) is 20.1. The summed E-state index contributed by atoms with van der Waals surface area (Å²) in [7, 11) is 0. The van der Waals surface area contributed by atoms with E-state index in [9.17, 15) is 9.59 Å². The van der Waals surface area contributed by atoms with Crippen molar-refractivity contribution in [1.29, 1.82) is 0 Å². The molecule has 0 spiro atoms. The molecule has 1 aliphatic heterocycles. The molecular formula is C25H24N2O2S. The van der Waals surface area contributed by atoms with Crippen LogP contribution in [0.5, 0.6) is 0 Å². The molecule has 2 heterocycles. The van der Waals surface area contributed by atoms with Gasteiger partial charge in [-0.15, -0.1) is 11.3 Å². The Morgan fingerprint density at radius 3 is 2.17 bits per heavy atom. The Labute approximate surface area is 181 Å². The maximum atomic E-state index is 13.6. The topological polar surface area (TPSA) is 40.6 Å². The molecule has 30 heavy (non-hydrogen) atoms. The summed E-state index contributed by atoms with van der Waals surface area (Å²) in [5.41, 5.74) is 3.86. The zero-order chi connectivity index (χ0) is 21.1. The fourth-order valence-corrected chi connectivity index (χ4v) is 4.49. The Morgan fingerprint density at radius 2 is 1.57 bits per heavy atom. The Balaban J connectivity index is 1.77. The molecule has 1 aromatic heterocycles. The first-order chi connectivity index (χ1) is 14.6. The van der Waals surface area contributed by atoms with Crippen LogP contribution in [0.4, 0.5) is 5.69 Å². The molecule has 0 fully saturated rings. The van der Waals surface area contributed by atoms with Crippen LogP contribution in [-0.2, 0) is 22.6 Å². The number of anilines is 1. The third kappa shape index (κ3) is 3.68. The number of thiophene rings is 1. The van der Waals surface area contributed by atoms with Crippen molar-refractivity contribution < 1.29 is 9.59 Å². The van der Waals surface area contributed by atoms with Gasteiger partial charge in [0.25, 0.3) is 11.8 Å². The smallest absolute Gasteiger partial charge is 0.282 e. The predicted molar refractivity (Wildman–Crippen MR) is 122 cm³/mol. The van der Waals surface area contributed by atoms with Crippen molar-refractivity contribution >= 4 is 34.4 Å². The van der Waals surface area contributed by atoms with Gasteiger partial charge in [0.1, 0.15) is 5.70 Å². The van der Waals surface area contributed by atoms with Crippen LogP contribution in [0.15, 0.2) is 77.8 Å². The van der Waals surface area contributed by atoms with E-state index in [1.54, 1.807) is 0 Å². The molecule has 0 atom stereocenters. The van der Waals surface area contributed by atoms with E-state index in [0.29, 0.717) is 30.0 Å². The average Bonchev–Trinajstić information content (AvgIpc) is 3.39. The largest absolute Gasteiger partial charge is 0.362 e. The lowest BCUT2D eigenvalue weighted by atomic mass is 10.1. The van der Waals surface area contributed by atoms with Crippen LogP contribution < -0.4 is 4.90 Å². The molecule has 4 rings (SSSR count). The van der Waals surface area contributed by atoms with Gasteiger partial charge in [-0.3, -0.25) is 9.59 Å². The maximum Gasteiger partial charge on any atom is 0.282 e. The number of amides is 2. The molecule has 0 radical (unpaired) electrons. The van der Waals surface area contributed by atoms with Crippen LogP contribution in [0.1, 0.15) is 29.9 Å². The zero-order valence-corrected chi connectivity index (χ0v) is 18.0. The second-order valence-corrected chi connectivity index (χ2v) is 8.11. The highest BCUT2D eigenvalue weighted by Gasteiger charge is 2.42. The van der Waals surface area contributed by atoms with E-state index in [-0.39, 0.29) is 11.8 Å². The molecule has 5 heteroatoms. The summed E-state index contributed by atoms with van der Waals surface area (Å²) in [5, 5.41) is 1.93. The quantitative estimate of drug-likeness (QED) is 0.502. The number of rotatable bonds is 7. The summed E-state index contributed by atoms with van der Waals surface area (Å²) < 4.78 is 0. The molecule has 2 amide bonds. The van der Waals surface area contributed by atoms with Crippen LogP contribution in [-0.4, -0.2) is 23.3 Å². The van der Waals surface area contributed by atoms with E-state index in [1.807, 2.05) is 83.9 Å². The Bertz CT molecular complexity index is 1070. The molecule has 2 aromatic carbocycles. The minimum Gasteiger partial charge on any atom is -0.362 e. The van der Waals surface area contributed by atoms with E-state index in [1.165, 1.54) is 21.8 Å². The van der Waals surface area contributed by atoms with Gasteiger partial charge in [0.05, 0.1) is 11.3 Å². The molecule has 0 saturated heterocycles. The highest BCUT2D eigenvalue weighted by atomic mass is 32.1. The van der Waals surface area contributed by atoms with Gasteiger partial charge in [-0.1, -0.05) is 55.5 Å². The molecule has 3 aromatic rings. The van der Waals surface area contributed by atoms with Crippen molar-refractivity contribution in [3.05, 3.63) is 93.8 Å². The number of hydrogen-bond donors (Lipinski definition) is 0. The zero-order valence-electron chi connectivity index (χ0n) is 17.2. The summed E-state index contributed by atoms with van der Waals surface area (Å²) in [5.74, 6) is -0.515. The molecule has 0 saturated carbocycles. The summed E-state index contributed by atoms with van der Waals surface area (Å²) in [4.78, 5) is 31.2. The lowest BCUT2D eigenvalue weighted by molar-refractivity contribution is -0.120. The fraction of sp³-hybridized carbons (Fsp3) is 0.200. The summed E-state index contributed by atoms with van der Waals surface area (Å²) >= 11 is 1.48. The third-order valence-electron chi connectivity index (χ3n) is 5.34. The molecule has 4 nitrogen and oxygen atoms in total. The van der Waals surface area contributed by atoms with E-state index in [2.05, 4.69) is 6.92 Å². The van der Waals surface area contributed by atoms with Gasteiger partial charge in [-0.2, -0.15) is 0 Å². The first-order valence-corrected chi connectivity index (χ1v) is 11.1. The van der Waals surface area contributed by atoms with E-state index in [4.69, 9.17) is 0 Å². The second-order valence-electron chi connectivity index (χ2n) is 7.17. The van der Waals surface area contributed by atoms with Crippen molar-refractivity contribution in [3.8, 4) is 0 Å². The monoisotopic (exact) mass is 416 g/mol. The van der Waals surface area contributed by atoms with Crippen molar-refractivity contribution in [2.75, 3.05) is 11.4 Å².